The smallest absolute Gasteiger partial charge is 0.245 e. The highest BCUT2D eigenvalue weighted by Crippen LogP contribution is 2.26. The fraction of sp³-hybridized carbons (Fsp3) is 0.636. The summed E-state index contributed by atoms with van der Waals surface area (Å²) in [7, 11) is 0. The van der Waals surface area contributed by atoms with Crippen molar-refractivity contribution in [2.45, 2.75) is 57.5 Å². The van der Waals surface area contributed by atoms with Gasteiger partial charge in [-0.25, -0.2) is 4.39 Å². The molecule has 0 bridgehead atoms. The van der Waals surface area contributed by atoms with Crippen molar-refractivity contribution in [2.75, 3.05) is 32.7 Å². The number of phenols is 1. The van der Waals surface area contributed by atoms with Gasteiger partial charge in [-0.15, -0.1) is 0 Å². The second kappa shape index (κ2) is 10.1. The lowest BCUT2D eigenvalue weighted by Crippen LogP contribution is -2.48. The summed E-state index contributed by atoms with van der Waals surface area (Å²) in [6.07, 6.45) is 6.87. The van der Waals surface area contributed by atoms with Gasteiger partial charge >= 0.3 is 0 Å². The summed E-state index contributed by atoms with van der Waals surface area (Å²) in [6.45, 7) is 6.13. The second-order valence-electron chi connectivity index (χ2n) is 8.15. The number of carbonyl (C=O) groups is 2. The number of rotatable bonds is 2. The van der Waals surface area contributed by atoms with E-state index in [2.05, 4.69) is 4.90 Å². The van der Waals surface area contributed by atoms with Gasteiger partial charge in [-0.05, 0) is 56.4 Å². The highest BCUT2D eigenvalue weighted by molar-refractivity contribution is 5.87. The summed E-state index contributed by atoms with van der Waals surface area (Å²) in [5.74, 6) is -0.0240. The predicted octanol–water partition coefficient (Wildman–Crippen LogP) is 2.62. The standard InChI is InChI=1S/C16H27N3O2.C6H5FO/c1-13(20)19-10-3-7-15(19)16(21)18-9-4-8-17(11-12-18)14-5-2-6-14;7-5-1-3-6(8)4-2-5/h14-15H,2-12H2,1H3;1-4,8H/t15-;/m0./s1. The van der Waals surface area contributed by atoms with Crippen LogP contribution in [0, 0.1) is 5.82 Å². The van der Waals surface area contributed by atoms with Gasteiger partial charge in [0.25, 0.3) is 0 Å². The molecule has 4 rings (SSSR count). The molecule has 6 nitrogen and oxygen atoms in total. The zero-order valence-electron chi connectivity index (χ0n) is 17.2. The van der Waals surface area contributed by atoms with Gasteiger partial charge in [-0.1, -0.05) is 6.42 Å². The summed E-state index contributed by atoms with van der Waals surface area (Å²) in [5.41, 5.74) is 0. The zero-order valence-corrected chi connectivity index (χ0v) is 17.2. The van der Waals surface area contributed by atoms with Crippen LogP contribution in [-0.2, 0) is 9.59 Å². The number of phenolic OH excluding ortho intramolecular Hbond substituents is 1. The van der Waals surface area contributed by atoms with E-state index in [1.807, 2.05) is 4.90 Å². The number of carbonyl (C=O) groups excluding carboxylic acids is 2. The van der Waals surface area contributed by atoms with Crippen LogP contribution in [-0.4, -0.2) is 76.4 Å². The summed E-state index contributed by atoms with van der Waals surface area (Å²) in [4.78, 5) is 30.7. The van der Waals surface area contributed by atoms with Crippen molar-refractivity contribution >= 4 is 11.8 Å². The summed E-state index contributed by atoms with van der Waals surface area (Å²) >= 11 is 0. The maximum Gasteiger partial charge on any atom is 0.245 e. The van der Waals surface area contributed by atoms with Gasteiger partial charge < -0.3 is 14.9 Å². The maximum atomic E-state index is 12.7. The van der Waals surface area contributed by atoms with Crippen LogP contribution in [0.3, 0.4) is 0 Å². The molecule has 1 atom stereocenters. The minimum absolute atomic E-state index is 0.0387. The van der Waals surface area contributed by atoms with Crippen molar-refractivity contribution in [2.24, 2.45) is 0 Å². The van der Waals surface area contributed by atoms with E-state index in [0.29, 0.717) is 0 Å². The number of amides is 2. The Hall–Kier alpha value is -2.15. The lowest BCUT2D eigenvalue weighted by atomic mass is 9.91. The number of nitrogens with zero attached hydrogens (tertiary/aromatic N) is 3. The fourth-order valence-electron chi connectivity index (χ4n) is 4.33. The molecule has 7 heteroatoms. The van der Waals surface area contributed by atoms with Crippen molar-refractivity contribution in [1.29, 1.82) is 0 Å². The van der Waals surface area contributed by atoms with Crippen molar-refractivity contribution in [3.8, 4) is 5.75 Å². The molecule has 2 aliphatic heterocycles. The Morgan fingerprint density at radius 2 is 1.66 bits per heavy atom. The lowest BCUT2D eigenvalue weighted by molar-refractivity contribution is -0.142. The van der Waals surface area contributed by atoms with E-state index in [-0.39, 0.29) is 29.4 Å². The van der Waals surface area contributed by atoms with Crippen LogP contribution in [0.4, 0.5) is 4.39 Å². The van der Waals surface area contributed by atoms with Gasteiger partial charge in [0.2, 0.25) is 11.8 Å². The summed E-state index contributed by atoms with van der Waals surface area (Å²) < 4.78 is 12.0. The minimum Gasteiger partial charge on any atom is -0.508 e. The Balaban J connectivity index is 0.000000252. The fourth-order valence-corrected chi connectivity index (χ4v) is 4.33. The van der Waals surface area contributed by atoms with Crippen LogP contribution in [0.15, 0.2) is 24.3 Å². The van der Waals surface area contributed by atoms with E-state index < -0.39 is 0 Å². The van der Waals surface area contributed by atoms with Crippen molar-refractivity contribution in [3.05, 3.63) is 30.1 Å². The van der Waals surface area contributed by atoms with Gasteiger partial charge in [0.05, 0.1) is 0 Å². The number of hydrogen-bond donors (Lipinski definition) is 1. The number of aromatic hydroxyl groups is 1. The Morgan fingerprint density at radius 1 is 0.931 bits per heavy atom. The average molecular weight is 406 g/mol. The molecule has 1 N–H and O–H groups in total. The topological polar surface area (TPSA) is 64.1 Å². The van der Waals surface area contributed by atoms with Gasteiger partial charge in [-0.3, -0.25) is 14.5 Å². The minimum atomic E-state index is -0.331. The highest BCUT2D eigenvalue weighted by Gasteiger charge is 2.36. The Morgan fingerprint density at radius 3 is 2.24 bits per heavy atom. The van der Waals surface area contributed by atoms with Crippen LogP contribution in [0.5, 0.6) is 5.75 Å². The SMILES string of the molecule is CC(=O)N1CCC[C@H]1C(=O)N1CCCN(C2CCC2)CC1.Oc1ccc(F)cc1. The number of benzene rings is 1. The first-order chi connectivity index (χ1) is 14.0. The van der Waals surface area contributed by atoms with Crippen LogP contribution in [0.25, 0.3) is 0 Å². The third-order valence-corrected chi connectivity index (χ3v) is 6.20. The molecule has 0 aromatic heterocycles. The number of halogens is 1. The molecule has 0 unspecified atom stereocenters. The van der Waals surface area contributed by atoms with Crippen molar-refractivity contribution < 1.29 is 19.1 Å². The third-order valence-electron chi connectivity index (χ3n) is 6.20. The molecular weight excluding hydrogens is 373 g/mol. The van der Waals surface area contributed by atoms with E-state index in [1.165, 1.54) is 43.5 Å². The molecule has 1 aliphatic carbocycles. The van der Waals surface area contributed by atoms with Crippen LogP contribution < -0.4 is 0 Å². The molecule has 29 heavy (non-hydrogen) atoms. The molecule has 2 amide bonds. The van der Waals surface area contributed by atoms with E-state index in [4.69, 9.17) is 5.11 Å². The van der Waals surface area contributed by atoms with Crippen LogP contribution >= 0.6 is 0 Å². The first kappa shape index (κ1) is 21.6. The molecule has 1 aromatic carbocycles. The molecule has 1 saturated carbocycles. The quantitative estimate of drug-likeness (QED) is 0.822. The van der Waals surface area contributed by atoms with E-state index >= 15 is 0 Å². The second-order valence-corrected chi connectivity index (χ2v) is 8.15. The molecule has 160 valence electrons. The van der Waals surface area contributed by atoms with Crippen LogP contribution in [0.2, 0.25) is 0 Å². The monoisotopic (exact) mass is 405 g/mol. The Labute approximate surface area is 172 Å². The summed E-state index contributed by atoms with van der Waals surface area (Å²) in [6, 6.07) is 5.58. The molecule has 3 fully saturated rings. The highest BCUT2D eigenvalue weighted by atomic mass is 19.1. The van der Waals surface area contributed by atoms with Gasteiger partial charge in [0.15, 0.2) is 0 Å². The number of hydrogen-bond acceptors (Lipinski definition) is 4. The molecule has 0 radical (unpaired) electrons. The molecule has 0 spiro atoms. The summed E-state index contributed by atoms with van der Waals surface area (Å²) in [5, 5.41) is 8.59. The van der Waals surface area contributed by atoms with Gasteiger partial charge in [0, 0.05) is 45.7 Å². The third kappa shape index (κ3) is 5.69. The van der Waals surface area contributed by atoms with Gasteiger partial charge in [-0.2, -0.15) is 0 Å². The first-order valence-corrected chi connectivity index (χ1v) is 10.7. The van der Waals surface area contributed by atoms with Gasteiger partial charge in [0.1, 0.15) is 17.6 Å². The largest absolute Gasteiger partial charge is 0.508 e. The van der Waals surface area contributed by atoms with Crippen LogP contribution in [0.1, 0.15) is 45.4 Å². The molecule has 1 aromatic rings. The zero-order chi connectivity index (χ0) is 20.8. The first-order valence-electron chi connectivity index (χ1n) is 10.7. The molecule has 2 heterocycles. The maximum absolute atomic E-state index is 12.7. The molecule has 3 aliphatic rings. The van der Waals surface area contributed by atoms with Crippen molar-refractivity contribution in [1.82, 2.24) is 14.7 Å². The predicted molar refractivity (Wildman–Crippen MR) is 109 cm³/mol. The normalized spacial score (nSPS) is 23.0. The molecular formula is C22H32FN3O3. The van der Waals surface area contributed by atoms with E-state index in [9.17, 15) is 14.0 Å². The average Bonchev–Trinajstić information content (AvgIpc) is 3.04. The Kier molecular flexibility index (Phi) is 7.47. The van der Waals surface area contributed by atoms with Crippen molar-refractivity contribution in [3.63, 3.8) is 0 Å². The Bertz CT molecular complexity index is 672. The lowest BCUT2D eigenvalue weighted by Gasteiger charge is -2.36. The number of likely N-dealkylation sites (tertiary alicyclic amines) is 1. The van der Waals surface area contributed by atoms with E-state index in [1.54, 1.807) is 11.8 Å². The van der Waals surface area contributed by atoms with E-state index in [0.717, 1.165) is 58.0 Å². The molecule has 2 saturated heterocycles.